The van der Waals surface area contributed by atoms with Gasteiger partial charge in [-0.05, 0) is 49.6 Å². The highest BCUT2D eigenvalue weighted by Crippen LogP contribution is 2.30. The third kappa shape index (κ3) is 5.38. The van der Waals surface area contributed by atoms with Crippen LogP contribution >= 0.6 is 11.6 Å². The predicted octanol–water partition coefficient (Wildman–Crippen LogP) is 4.69. The van der Waals surface area contributed by atoms with Gasteiger partial charge in [0.15, 0.2) is 0 Å². The average molecular weight is 465 g/mol. The third-order valence-corrected chi connectivity index (χ3v) is 7.12. The lowest BCUT2D eigenvalue weighted by Gasteiger charge is -2.41. The summed E-state index contributed by atoms with van der Waals surface area (Å²) in [5, 5.41) is 12.4. The molecule has 4 rings (SSSR count). The number of nitriles is 1. The summed E-state index contributed by atoms with van der Waals surface area (Å²) in [5.74, 6) is 0.226. The van der Waals surface area contributed by atoms with E-state index in [-0.39, 0.29) is 17.9 Å². The van der Waals surface area contributed by atoms with Crippen molar-refractivity contribution in [1.29, 1.82) is 5.26 Å². The quantitative estimate of drug-likeness (QED) is 0.696. The SMILES string of the molecule is CC1CN(Cc2cccc(NC(=O)c3cccc(C#N)c3)c2Cl)CCN1C(=O)C1CCCC1. The van der Waals surface area contributed by atoms with Crippen molar-refractivity contribution in [3.8, 4) is 6.07 Å². The molecule has 0 spiro atoms. The summed E-state index contributed by atoms with van der Waals surface area (Å²) in [7, 11) is 0. The van der Waals surface area contributed by atoms with Crippen molar-refractivity contribution in [1.82, 2.24) is 9.80 Å². The zero-order valence-electron chi connectivity index (χ0n) is 18.9. The first kappa shape index (κ1) is 23.3. The highest BCUT2D eigenvalue weighted by atomic mass is 35.5. The fourth-order valence-electron chi connectivity index (χ4n) is 4.88. The molecule has 2 aliphatic rings. The van der Waals surface area contributed by atoms with Gasteiger partial charge in [-0.15, -0.1) is 0 Å². The minimum absolute atomic E-state index is 0.168. The van der Waals surface area contributed by atoms with Crippen LogP contribution in [-0.4, -0.2) is 47.3 Å². The predicted molar refractivity (Wildman–Crippen MR) is 129 cm³/mol. The van der Waals surface area contributed by atoms with Gasteiger partial charge < -0.3 is 10.2 Å². The molecule has 2 aromatic carbocycles. The summed E-state index contributed by atoms with van der Waals surface area (Å²) < 4.78 is 0. The lowest BCUT2D eigenvalue weighted by atomic mass is 10.0. The molecule has 0 aromatic heterocycles. The summed E-state index contributed by atoms with van der Waals surface area (Å²) in [6, 6.07) is 14.4. The molecule has 172 valence electrons. The lowest BCUT2D eigenvalue weighted by Crippen LogP contribution is -2.54. The monoisotopic (exact) mass is 464 g/mol. The number of rotatable bonds is 5. The van der Waals surface area contributed by atoms with Gasteiger partial charge in [0.25, 0.3) is 5.91 Å². The lowest BCUT2D eigenvalue weighted by molar-refractivity contribution is -0.140. The number of carbonyl (C=O) groups is 2. The van der Waals surface area contributed by atoms with Gasteiger partial charge in [-0.2, -0.15) is 5.26 Å². The van der Waals surface area contributed by atoms with Crippen LogP contribution in [-0.2, 0) is 11.3 Å². The fourth-order valence-corrected chi connectivity index (χ4v) is 5.11. The third-order valence-electron chi connectivity index (χ3n) is 6.67. The summed E-state index contributed by atoms with van der Waals surface area (Å²) in [5.41, 5.74) is 2.32. The number of hydrogen-bond donors (Lipinski definition) is 1. The number of anilines is 1. The second kappa shape index (κ2) is 10.4. The molecule has 1 aliphatic carbocycles. The van der Waals surface area contributed by atoms with E-state index in [4.69, 9.17) is 16.9 Å². The van der Waals surface area contributed by atoms with Crippen LogP contribution in [0.25, 0.3) is 0 Å². The van der Waals surface area contributed by atoms with E-state index in [2.05, 4.69) is 22.0 Å². The second-order valence-electron chi connectivity index (χ2n) is 9.02. The van der Waals surface area contributed by atoms with E-state index in [1.54, 1.807) is 30.3 Å². The Hall–Kier alpha value is -2.88. The van der Waals surface area contributed by atoms with Gasteiger partial charge in [0.2, 0.25) is 5.91 Å². The van der Waals surface area contributed by atoms with Crippen LogP contribution in [0.5, 0.6) is 0 Å². The van der Waals surface area contributed by atoms with E-state index in [0.717, 1.165) is 38.0 Å². The van der Waals surface area contributed by atoms with Crippen LogP contribution in [0.3, 0.4) is 0 Å². The number of amides is 2. The molecule has 1 heterocycles. The van der Waals surface area contributed by atoms with Crippen LogP contribution in [0.1, 0.15) is 54.1 Å². The van der Waals surface area contributed by atoms with Crippen LogP contribution in [0.2, 0.25) is 5.02 Å². The number of benzene rings is 2. The van der Waals surface area contributed by atoms with Crippen molar-refractivity contribution in [3.05, 3.63) is 64.2 Å². The van der Waals surface area contributed by atoms with E-state index in [0.29, 0.717) is 34.3 Å². The summed E-state index contributed by atoms with van der Waals surface area (Å²) in [6.07, 6.45) is 4.39. The first-order valence-corrected chi connectivity index (χ1v) is 12.0. The minimum atomic E-state index is -0.307. The smallest absolute Gasteiger partial charge is 0.255 e. The topological polar surface area (TPSA) is 76.4 Å². The van der Waals surface area contributed by atoms with Crippen molar-refractivity contribution in [3.63, 3.8) is 0 Å². The Kier molecular flexibility index (Phi) is 7.32. The van der Waals surface area contributed by atoms with Crippen molar-refractivity contribution in [2.24, 2.45) is 5.92 Å². The number of nitrogens with one attached hydrogen (secondary N) is 1. The normalized spacial score (nSPS) is 19.3. The second-order valence-corrected chi connectivity index (χ2v) is 9.40. The van der Waals surface area contributed by atoms with E-state index in [9.17, 15) is 9.59 Å². The molecule has 2 aromatic rings. The molecule has 0 bridgehead atoms. The zero-order chi connectivity index (χ0) is 23.4. The van der Waals surface area contributed by atoms with Crippen LogP contribution in [0.15, 0.2) is 42.5 Å². The summed E-state index contributed by atoms with van der Waals surface area (Å²) >= 11 is 6.66. The average Bonchev–Trinajstić information content (AvgIpc) is 3.36. The number of hydrogen-bond acceptors (Lipinski definition) is 4. The van der Waals surface area contributed by atoms with Gasteiger partial charge in [-0.25, -0.2) is 0 Å². The highest BCUT2D eigenvalue weighted by molar-refractivity contribution is 6.34. The van der Waals surface area contributed by atoms with Crippen molar-refractivity contribution in [2.45, 2.75) is 45.2 Å². The molecule has 1 saturated carbocycles. The maximum atomic E-state index is 12.9. The van der Waals surface area contributed by atoms with E-state index in [1.165, 1.54) is 12.8 Å². The molecule has 1 saturated heterocycles. The van der Waals surface area contributed by atoms with Crippen LogP contribution < -0.4 is 5.32 Å². The summed E-state index contributed by atoms with van der Waals surface area (Å²) in [4.78, 5) is 29.9. The van der Waals surface area contributed by atoms with Gasteiger partial charge in [0.05, 0.1) is 22.3 Å². The summed E-state index contributed by atoms with van der Waals surface area (Å²) in [6.45, 7) is 5.11. The molecule has 2 fully saturated rings. The van der Waals surface area contributed by atoms with Crippen LogP contribution in [0, 0.1) is 17.2 Å². The molecule has 1 unspecified atom stereocenters. The van der Waals surface area contributed by atoms with Crippen molar-refractivity contribution < 1.29 is 9.59 Å². The molecule has 1 N–H and O–H groups in total. The van der Waals surface area contributed by atoms with Gasteiger partial charge in [-0.3, -0.25) is 14.5 Å². The first-order valence-electron chi connectivity index (χ1n) is 11.6. The van der Waals surface area contributed by atoms with Gasteiger partial charge >= 0.3 is 0 Å². The largest absolute Gasteiger partial charge is 0.337 e. The number of nitrogens with zero attached hydrogens (tertiary/aromatic N) is 3. The Labute approximate surface area is 200 Å². The molecule has 7 heteroatoms. The Bertz CT molecular complexity index is 1070. The highest BCUT2D eigenvalue weighted by Gasteiger charge is 2.33. The molecule has 1 aliphatic heterocycles. The van der Waals surface area contributed by atoms with Crippen molar-refractivity contribution >= 4 is 29.1 Å². The first-order chi connectivity index (χ1) is 16.0. The molecule has 1 atom stereocenters. The Morgan fingerprint density at radius 1 is 1.15 bits per heavy atom. The standard InChI is InChI=1S/C26H29ClN4O2/c1-18-16-30(12-13-31(18)26(33)20-7-2-3-8-20)17-22-10-5-11-23(24(22)27)29-25(32)21-9-4-6-19(14-21)15-28/h4-6,9-11,14,18,20H,2-3,7-8,12-13,16-17H2,1H3,(H,29,32). The Morgan fingerprint density at radius 2 is 1.91 bits per heavy atom. The van der Waals surface area contributed by atoms with E-state index < -0.39 is 0 Å². The molecule has 2 amide bonds. The number of piperazine rings is 1. The van der Waals surface area contributed by atoms with Crippen LogP contribution in [0.4, 0.5) is 5.69 Å². The van der Waals surface area contributed by atoms with Crippen molar-refractivity contribution in [2.75, 3.05) is 25.0 Å². The maximum absolute atomic E-state index is 12.9. The maximum Gasteiger partial charge on any atom is 0.255 e. The van der Waals surface area contributed by atoms with Gasteiger partial charge in [0, 0.05) is 43.7 Å². The minimum Gasteiger partial charge on any atom is -0.337 e. The Morgan fingerprint density at radius 3 is 2.64 bits per heavy atom. The van der Waals surface area contributed by atoms with Gasteiger partial charge in [-0.1, -0.05) is 42.6 Å². The molecular weight excluding hydrogens is 436 g/mol. The van der Waals surface area contributed by atoms with E-state index in [1.807, 2.05) is 18.2 Å². The fraction of sp³-hybridized carbons (Fsp3) is 0.423. The molecule has 33 heavy (non-hydrogen) atoms. The van der Waals surface area contributed by atoms with E-state index >= 15 is 0 Å². The molecule has 6 nitrogen and oxygen atoms in total. The number of carbonyl (C=O) groups excluding carboxylic acids is 2. The van der Waals surface area contributed by atoms with Gasteiger partial charge in [0.1, 0.15) is 0 Å². The Balaban J connectivity index is 1.39. The zero-order valence-corrected chi connectivity index (χ0v) is 19.6. The molecule has 0 radical (unpaired) electrons. The molecular formula is C26H29ClN4O2. The number of halogens is 1.